The minimum Gasteiger partial charge on any atom is -0.473 e. The molecule has 7 nitrogen and oxygen atoms in total. The van der Waals surface area contributed by atoms with E-state index in [0.29, 0.717) is 36.2 Å². The van der Waals surface area contributed by atoms with Gasteiger partial charge in [0, 0.05) is 5.56 Å². The molecule has 23 heavy (non-hydrogen) atoms. The van der Waals surface area contributed by atoms with Gasteiger partial charge in [-0.3, -0.25) is 9.69 Å². The minimum absolute atomic E-state index is 0.0595. The van der Waals surface area contributed by atoms with Crippen molar-refractivity contribution >= 4 is 17.7 Å². The third kappa shape index (κ3) is 3.25. The van der Waals surface area contributed by atoms with Crippen molar-refractivity contribution < 1.29 is 28.7 Å². The molecule has 0 saturated carbocycles. The lowest BCUT2D eigenvalue weighted by molar-refractivity contribution is -0.940. The second-order valence-electron chi connectivity index (χ2n) is 6.12. The largest absolute Gasteiger partial charge is 0.473 e. The number of carbonyl (C=O) groups excluding carboxylic acids is 2. The summed E-state index contributed by atoms with van der Waals surface area (Å²) < 4.78 is 5.60. The number of fused-ring (bicyclic) bond motifs is 3. The van der Waals surface area contributed by atoms with E-state index in [1.807, 2.05) is 23.1 Å². The van der Waals surface area contributed by atoms with Crippen LogP contribution < -0.4 is 0 Å². The summed E-state index contributed by atoms with van der Waals surface area (Å²) in [7, 11) is 0. The van der Waals surface area contributed by atoms with E-state index in [1.165, 1.54) is 0 Å². The third-order valence-electron chi connectivity index (χ3n) is 4.67. The van der Waals surface area contributed by atoms with E-state index >= 15 is 0 Å². The van der Waals surface area contributed by atoms with Crippen molar-refractivity contribution in [2.24, 2.45) is 0 Å². The number of benzene rings is 1. The number of piperazine rings is 3. The lowest BCUT2D eigenvalue weighted by Gasteiger charge is -2.52. The molecule has 0 aliphatic carbocycles. The number of carboxylic acid groups (broad SMARTS) is 1. The van der Waals surface area contributed by atoms with E-state index in [1.54, 1.807) is 12.1 Å². The topological polar surface area (TPSA) is 83.9 Å². The number of hydrogen-bond acceptors (Lipinski definition) is 5. The summed E-state index contributed by atoms with van der Waals surface area (Å²) in [5.74, 6) is -2.77. The number of ketones is 1. The van der Waals surface area contributed by atoms with Gasteiger partial charge < -0.3 is 14.3 Å². The molecule has 2 bridgehead atoms. The Labute approximate surface area is 133 Å². The maximum absolute atomic E-state index is 12.5. The Hall–Kier alpha value is -2.25. The molecule has 1 unspecified atom stereocenters. The zero-order valence-corrected chi connectivity index (χ0v) is 12.7. The Bertz CT molecular complexity index is 623. The van der Waals surface area contributed by atoms with Crippen molar-refractivity contribution in [3.63, 3.8) is 0 Å². The van der Waals surface area contributed by atoms with Gasteiger partial charge in [0.05, 0.1) is 26.2 Å². The second-order valence-corrected chi connectivity index (χ2v) is 6.12. The average Bonchev–Trinajstić information content (AvgIpc) is 2.56. The summed E-state index contributed by atoms with van der Waals surface area (Å²) in [5, 5.41) is 8.69. The van der Waals surface area contributed by atoms with Crippen molar-refractivity contribution in [3.8, 4) is 0 Å². The first-order valence-corrected chi connectivity index (χ1v) is 7.60. The molecule has 0 radical (unpaired) electrons. The average molecular weight is 319 g/mol. The Kier molecular flexibility index (Phi) is 4.14. The first-order chi connectivity index (χ1) is 11.0. The van der Waals surface area contributed by atoms with E-state index < -0.39 is 18.2 Å². The highest BCUT2D eigenvalue weighted by atomic mass is 16.6. The molecular weight excluding hydrogens is 300 g/mol. The second kappa shape index (κ2) is 6.10. The fraction of sp³-hybridized carbons (Fsp3) is 0.438. The molecule has 4 rings (SSSR count). The molecule has 7 heteroatoms. The van der Waals surface area contributed by atoms with Crippen LogP contribution in [-0.2, 0) is 14.3 Å². The normalized spacial score (nSPS) is 29.0. The molecule has 3 heterocycles. The van der Waals surface area contributed by atoms with Crippen molar-refractivity contribution in [1.82, 2.24) is 4.90 Å². The van der Waals surface area contributed by atoms with Crippen LogP contribution in [0.3, 0.4) is 0 Å². The predicted octanol–water partition coefficient (Wildman–Crippen LogP) is -0.0308. The van der Waals surface area contributed by atoms with Crippen LogP contribution in [0.25, 0.3) is 0 Å². The van der Waals surface area contributed by atoms with Crippen LogP contribution in [0.4, 0.5) is 0 Å². The number of esters is 1. The molecule has 3 saturated heterocycles. The quantitative estimate of drug-likeness (QED) is 0.363. The fourth-order valence-electron chi connectivity index (χ4n) is 3.35. The standard InChI is InChI=1S/C16H18N2O5/c19-13(12-4-2-1-3-5-12)10-18-8-6-17(7-9-18)14(11-18)23-16(22)15(20)21/h1-5,14H,6-11H2/p+1. The maximum Gasteiger partial charge on any atom is 0.419 e. The number of nitrogens with zero attached hydrogens (tertiary/aromatic N) is 2. The van der Waals surface area contributed by atoms with Crippen LogP contribution in [0.15, 0.2) is 30.3 Å². The Balaban J connectivity index is 1.70. The number of ether oxygens (including phenoxy) is 1. The lowest BCUT2D eigenvalue weighted by Crippen LogP contribution is -2.72. The van der Waals surface area contributed by atoms with Crippen molar-refractivity contribution in [2.75, 3.05) is 39.3 Å². The first kappa shape index (κ1) is 15.6. The monoisotopic (exact) mass is 319 g/mol. The molecule has 1 N–H and O–H groups in total. The molecular formula is C16H19N2O5+. The predicted molar refractivity (Wildman–Crippen MR) is 79.6 cm³/mol. The van der Waals surface area contributed by atoms with E-state index in [0.717, 1.165) is 13.1 Å². The summed E-state index contributed by atoms with van der Waals surface area (Å²) in [6.07, 6.45) is -0.565. The van der Waals surface area contributed by atoms with E-state index in [9.17, 15) is 14.4 Å². The van der Waals surface area contributed by atoms with Crippen molar-refractivity contribution in [1.29, 1.82) is 0 Å². The number of quaternary nitrogens is 1. The van der Waals surface area contributed by atoms with Gasteiger partial charge in [0.1, 0.15) is 13.1 Å². The SMILES string of the molecule is O=C(O)C(=O)OC1C[N+]2(CC(=O)c3ccccc3)CCN1CC2. The van der Waals surface area contributed by atoms with Gasteiger partial charge in [-0.25, -0.2) is 9.59 Å². The Morgan fingerprint density at radius 2 is 1.83 bits per heavy atom. The van der Waals surface area contributed by atoms with Gasteiger partial charge in [0.25, 0.3) is 0 Å². The molecule has 0 amide bonds. The van der Waals surface area contributed by atoms with Crippen LogP contribution in [0.2, 0.25) is 0 Å². The fourth-order valence-corrected chi connectivity index (χ4v) is 3.35. The van der Waals surface area contributed by atoms with Crippen molar-refractivity contribution in [2.45, 2.75) is 6.23 Å². The Morgan fingerprint density at radius 1 is 1.17 bits per heavy atom. The number of carbonyl (C=O) groups is 3. The van der Waals surface area contributed by atoms with Gasteiger partial charge in [-0.05, 0) is 0 Å². The number of carboxylic acids is 1. The minimum atomic E-state index is -1.59. The van der Waals surface area contributed by atoms with Gasteiger partial charge >= 0.3 is 11.9 Å². The van der Waals surface area contributed by atoms with Gasteiger partial charge in [-0.1, -0.05) is 30.3 Å². The van der Waals surface area contributed by atoms with E-state index in [4.69, 9.17) is 9.84 Å². The van der Waals surface area contributed by atoms with Crippen LogP contribution in [0.1, 0.15) is 10.4 Å². The summed E-state index contributed by atoms with van der Waals surface area (Å²) in [6, 6.07) is 9.12. The lowest BCUT2D eigenvalue weighted by atomic mass is 10.1. The zero-order chi connectivity index (χ0) is 16.4. The van der Waals surface area contributed by atoms with Gasteiger partial charge in [0.15, 0.2) is 0 Å². The summed E-state index contributed by atoms with van der Waals surface area (Å²) in [6.45, 7) is 3.80. The molecule has 1 aromatic carbocycles. The van der Waals surface area contributed by atoms with Crippen LogP contribution in [0.5, 0.6) is 0 Å². The van der Waals surface area contributed by atoms with Crippen LogP contribution in [0, 0.1) is 0 Å². The number of aliphatic carboxylic acids is 1. The molecule has 1 aromatic rings. The molecule has 0 spiro atoms. The molecule has 3 aliphatic rings. The highest BCUT2D eigenvalue weighted by Crippen LogP contribution is 2.25. The molecule has 0 aromatic heterocycles. The van der Waals surface area contributed by atoms with Gasteiger partial charge in [-0.2, -0.15) is 0 Å². The smallest absolute Gasteiger partial charge is 0.419 e. The number of hydrogen-bond donors (Lipinski definition) is 1. The van der Waals surface area contributed by atoms with E-state index in [2.05, 4.69) is 0 Å². The van der Waals surface area contributed by atoms with Gasteiger partial charge in [-0.15, -0.1) is 0 Å². The van der Waals surface area contributed by atoms with Crippen molar-refractivity contribution in [3.05, 3.63) is 35.9 Å². The summed E-state index contributed by atoms with van der Waals surface area (Å²) in [4.78, 5) is 36.4. The van der Waals surface area contributed by atoms with Crippen LogP contribution in [-0.4, -0.2) is 77.7 Å². The molecule has 3 aliphatic heterocycles. The van der Waals surface area contributed by atoms with Gasteiger partial charge in [0.2, 0.25) is 12.0 Å². The molecule has 1 atom stereocenters. The Morgan fingerprint density at radius 3 is 2.43 bits per heavy atom. The molecule has 3 fully saturated rings. The highest BCUT2D eigenvalue weighted by Gasteiger charge is 2.47. The maximum atomic E-state index is 12.5. The summed E-state index contributed by atoms with van der Waals surface area (Å²) in [5.41, 5.74) is 0.673. The number of rotatable bonds is 4. The van der Waals surface area contributed by atoms with E-state index in [-0.39, 0.29) is 5.78 Å². The first-order valence-electron chi connectivity index (χ1n) is 7.60. The van der Waals surface area contributed by atoms with Crippen LogP contribution >= 0.6 is 0 Å². The highest BCUT2D eigenvalue weighted by molar-refractivity contribution is 6.28. The zero-order valence-electron chi connectivity index (χ0n) is 12.7. The summed E-state index contributed by atoms with van der Waals surface area (Å²) >= 11 is 0. The molecule has 122 valence electrons. The number of Topliss-reactive ketones (excluding diaryl/α,β-unsaturated/α-hetero) is 1. The third-order valence-corrected chi connectivity index (χ3v) is 4.67.